The van der Waals surface area contributed by atoms with Gasteiger partial charge in [0.15, 0.2) is 0 Å². The quantitative estimate of drug-likeness (QED) is 0.779. The van der Waals surface area contributed by atoms with Gasteiger partial charge in [-0.2, -0.15) is 0 Å². The Hall–Kier alpha value is -1.84. The topological polar surface area (TPSA) is 57.6 Å². The molecule has 1 aromatic carbocycles. The van der Waals surface area contributed by atoms with Crippen LogP contribution >= 0.6 is 0 Å². The lowest BCUT2D eigenvalue weighted by Crippen LogP contribution is -2.40. The fourth-order valence-electron chi connectivity index (χ4n) is 1.44. The molecule has 0 heterocycles. The minimum Gasteiger partial charge on any atom is -0.474 e. The molecule has 0 radical (unpaired) electrons. The van der Waals surface area contributed by atoms with E-state index in [2.05, 4.69) is 0 Å². The highest BCUT2D eigenvalue weighted by Gasteiger charge is 2.21. The molecule has 0 unspecified atom stereocenters. The summed E-state index contributed by atoms with van der Waals surface area (Å²) in [6, 6.07) is 9.53. The number of aliphatic carboxylic acids is 1. The number of nitrogens with zero attached hydrogens (tertiary/aromatic N) is 1. The van der Waals surface area contributed by atoms with Crippen molar-refractivity contribution in [3.05, 3.63) is 35.9 Å². The standard InChI is InChI=1S/C12H15NO3/c1-9(13(2)11(14)12(15)16)8-10-6-4-3-5-7-10/h3-7,9H,8H2,1-2H3,(H,15,16)/t9-/m1/s1. The number of amides is 1. The Kier molecular flexibility index (Phi) is 4.05. The molecule has 0 aliphatic heterocycles. The monoisotopic (exact) mass is 221 g/mol. The molecule has 16 heavy (non-hydrogen) atoms. The molecule has 4 heteroatoms. The number of hydrogen-bond acceptors (Lipinski definition) is 2. The molecule has 0 spiro atoms. The second-order valence-electron chi connectivity index (χ2n) is 3.76. The molecule has 1 amide bonds. The lowest BCUT2D eigenvalue weighted by molar-refractivity contribution is -0.156. The number of likely N-dealkylation sites (N-methyl/N-ethyl adjacent to an activating group) is 1. The molecule has 0 bridgehead atoms. The Morgan fingerprint density at radius 3 is 2.38 bits per heavy atom. The van der Waals surface area contributed by atoms with Gasteiger partial charge in [-0.3, -0.25) is 4.79 Å². The van der Waals surface area contributed by atoms with Crippen molar-refractivity contribution in [3.63, 3.8) is 0 Å². The van der Waals surface area contributed by atoms with Crippen molar-refractivity contribution in [2.75, 3.05) is 7.05 Å². The van der Waals surface area contributed by atoms with Gasteiger partial charge in [-0.1, -0.05) is 30.3 Å². The van der Waals surface area contributed by atoms with Gasteiger partial charge < -0.3 is 10.0 Å². The van der Waals surface area contributed by atoms with Crippen molar-refractivity contribution in [1.29, 1.82) is 0 Å². The summed E-state index contributed by atoms with van der Waals surface area (Å²) in [5.41, 5.74) is 1.08. The molecule has 0 fully saturated rings. The maximum atomic E-state index is 11.2. The summed E-state index contributed by atoms with van der Waals surface area (Å²) in [7, 11) is 1.50. The second-order valence-corrected chi connectivity index (χ2v) is 3.76. The van der Waals surface area contributed by atoms with Crippen LogP contribution in [0.5, 0.6) is 0 Å². The summed E-state index contributed by atoms with van der Waals surface area (Å²) in [5, 5.41) is 8.58. The van der Waals surface area contributed by atoms with E-state index in [1.807, 2.05) is 37.3 Å². The third kappa shape index (κ3) is 3.08. The molecule has 1 rings (SSSR count). The van der Waals surface area contributed by atoms with Gasteiger partial charge in [0.1, 0.15) is 0 Å². The molecule has 86 valence electrons. The fourth-order valence-corrected chi connectivity index (χ4v) is 1.44. The molecular formula is C12H15NO3. The molecule has 0 saturated carbocycles. The third-order valence-electron chi connectivity index (χ3n) is 2.54. The molecule has 0 aromatic heterocycles. The van der Waals surface area contributed by atoms with Crippen LogP contribution in [-0.2, 0) is 16.0 Å². The van der Waals surface area contributed by atoms with Gasteiger partial charge in [-0.15, -0.1) is 0 Å². The summed E-state index contributed by atoms with van der Waals surface area (Å²) >= 11 is 0. The van der Waals surface area contributed by atoms with Crippen LogP contribution in [0, 0.1) is 0 Å². The Bertz CT molecular complexity index is 375. The number of carboxylic acid groups (broad SMARTS) is 1. The van der Waals surface area contributed by atoms with E-state index >= 15 is 0 Å². The summed E-state index contributed by atoms with van der Waals surface area (Å²) in [6.07, 6.45) is 0.649. The number of carbonyl (C=O) groups excluding carboxylic acids is 1. The number of carboxylic acids is 1. The lowest BCUT2D eigenvalue weighted by Gasteiger charge is -2.23. The fraction of sp³-hybridized carbons (Fsp3) is 0.333. The van der Waals surface area contributed by atoms with Crippen LogP contribution in [0.3, 0.4) is 0 Å². The first-order valence-electron chi connectivity index (χ1n) is 5.06. The minimum atomic E-state index is -1.41. The molecular weight excluding hydrogens is 206 g/mol. The zero-order valence-corrected chi connectivity index (χ0v) is 9.38. The third-order valence-corrected chi connectivity index (χ3v) is 2.54. The first-order valence-corrected chi connectivity index (χ1v) is 5.06. The van der Waals surface area contributed by atoms with Gasteiger partial charge in [-0.05, 0) is 18.9 Å². The van der Waals surface area contributed by atoms with Gasteiger partial charge in [-0.25, -0.2) is 4.79 Å². The Balaban J connectivity index is 2.62. The maximum absolute atomic E-state index is 11.2. The molecule has 0 saturated heterocycles. The molecule has 1 N–H and O–H groups in total. The van der Waals surface area contributed by atoms with E-state index < -0.39 is 11.9 Å². The smallest absolute Gasteiger partial charge is 0.394 e. The Morgan fingerprint density at radius 2 is 1.88 bits per heavy atom. The van der Waals surface area contributed by atoms with Crippen molar-refractivity contribution < 1.29 is 14.7 Å². The first kappa shape index (κ1) is 12.2. The Morgan fingerprint density at radius 1 is 1.31 bits per heavy atom. The van der Waals surface area contributed by atoms with E-state index in [-0.39, 0.29) is 6.04 Å². The van der Waals surface area contributed by atoms with Gasteiger partial charge in [0.25, 0.3) is 0 Å². The summed E-state index contributed by atoms with van der Waals surface area (Å²) in [4.78, 5) is 23.0. The van der Waals surface area contributed by atoms with E-state index in [0.29, 0.717) is 6.42 Å². The zero-order chi connectivity index (χ0) is 12.1. The summed E-state index contributed by atoms with van der Waals surface area (Å²) < 4.78 is 0. The number of benzene rings is 1. The highest BCUT2D eigenvalue weighted by atomic mass is 16.4. The second kappa shape index (κ2) is 5.30. The highest BCUT2D eigenvalue weighted by molar-refractivity contribution is 6.31. The van der Waals surface area contributed by atoms with E-state index in [9.17, 15) is 9.59 Å². The average molecular weight is 221 g/mol. The molecule has 0 aliphatic carbocycles. The first-order chi connectivity index (χ1) is 7.52. The molecule has 1 atom stereocenters. The Labute approximate surface area is 94.5 Å². The zero-order valence-electron chi connectivity index (χ0n) is 9.38. The van der Waals surface area contributed by atoms with Crippen LogP contribution in [0.25, 0.3) is 0 Å². The average Bonchev–Trinajstić information content (AvgIpc) is 2.28. The molecule has 4 nitrogen and oxygen atoms in total. The van der Waals surface area contributed by atoms with Gasteiger partial charge >= 0.3 is 11.9 Å². The van der Waals surface area contributed by atoms with Crippen LogP contribution in [-0.4, -0.2) is 35.0 Å². The van der Waals surface area contributed by atoms with Crippen LogP contribution in [0.4, 0.5) is 0 Å². The van der Waals surface area contributed by atoms with E-state index in [4.69, 9.17) is 5.11 Å². The van der Waals surface area contributed by atoms with Crippen molar-refractivity contribution >= 4 is 11.9 Å². The molecule has 0 aliphatic rings. The predicted octanol–water partition coefficient (Wildman–Crippen LogP) is 1.16. The largest absolute Gasteiger partial charge is 0.474 e. The summed E-state index contributed by atoms with van der Waals surface area (Å²) in [6.45, 7) is 1.83. The van der Waals surface area contributed by atoms with Crippen LogP contribution < -0.4 is 0 Å². The SMILES string of the molecule is C[C@H](Cc1ccccc1)N(C)C(=O)C(=O)O. The van der Waals surface area contributed by atoms with Crippen molar-refractivity contribution in [2.24, 2.45) is 0 Å². The summed E-state index contributed by atoms with van der Waals surface area (Å²) in [5.74, 6) is -2.29. The minimum absolute atomic E-state index is 0.133. The number of carbonyl (C=O) groups is 2. The van der Waals surface area contributed by atoms with E-state index in [1.54, 1.807) is 0 Å². The number of hydrogen-bond donors (Lipinski definition) is 1. The van der Waals surface area contributed by atoms with Crippen LogP contribution in [0.15, 0.2) is 30.3 Å². The molecule has 1 aromatic rings. The van der Waals surface area contributed by atoms with E-state index in [0.717, 1.165) is 5.56 Å². The predicted molar refractivity (Wildman–Crippen MR) is 60.0 cm³/mol. The normalized spacial score (nSPS) is 11.9. The maximum Gasteiger partial charge on any atom is 0.394 e. The van der Waals surface area contributed by atoms with Crippen molar-refractivity contribution in [3.8, 4) is 0 Å². The van der Waals surface area contributed by atoms with Crippen molar-refractivity contribution in [2.45, 2.75) is 19.4 Å². The van der Waals surface area contributed by atoms with Gasteiger partial charge in [0, 0.05) is 13.1 Å². The van der Waals surface area contributed by atoms with Crippen LogP contribution in [0.1, 0.15) is 12.5 Å². The highest BCUT2D eigenvalue weighted by Crippen LogP contribution is 2.07. The van der Waals surface area contributed by atoms with Crippen LogP contribution in [0.2, 0.25) is 0 Å². The van der Waals surface area contributed by atoms with Gasteiger partial charge in [0.2, 0.25) is 0 Å². The lowest BCUT2D eigenvalue weighted by atomic mass is 10.1. The van der Waals surface area contributed by atoms with Gasteiger partial charge in [0.05, 0.1) is 0 Å². The van der Waals surface area contributed by atoms with E-state index in [1.165, 1.54) is 11.9 Å². The number of rotatable bonds is 3. The van der Waals surface area contributed by atoms with Crippen molar-refractivity contribution in [1.82, 2.24) is 4.90 Å².